The van der Waals surface area contributed by atoms with Crippen LogP contribution in [0, 0.1) is 0 Å². The highest BCUT2D eigenvalue weighted by molar-refractivity contribution is 6.62. The van der Waals surface area contributed by atoms with E-state index in [1.165, 1.54) is 0 Å². The summed E-state index contributed by atoms with van der Waals surface area (Å²) in [6.45, 7) is 0. The van der Waals surface area contributed by atoms with Crippen molar-refractivity contribution < 1.29 is 14.6 Å². The Labute approximate surface area is 74.3 Å². The van der Waals surface area contributed by atoms with Crippen molar-refractivity contribution in [1.29, 1.82) is 0 Å². The van der Waals surface area contributed by atoms with E-state index in [2.05, 4.69) is 5.16 Å². The topological polar surface area (TPSA) is 66.5 Å². The van der Waals surface area contributed by atoms with Crippen LogP contribution >= 0.6 is 11.6 Å². The van der Waals surface area contributed by atoms with Gasteiger partial charge >= 0.3 is 7.12 Å². The van der Waals surface area contributed by atoms with E-state index in [4.69, 9.17) is 26.2 Å². The first-order valence-corrected chi connectivity index (χ1v) is 4.09. The SMILES string of the molecule is OB(O)c1c(Cl)noc1C1CC1. The van der Waals surface area contributed by atoms with Crippen LogP contribution in [-0.4, -0.2) is 22.3 Å². The Balaban J connectivity index is 2.39. The summed E-state index contributed by atoms with van der Waals surface area (Å²) in [5.74, 6) is 0.803. The second-order valence-electron chi connectivity index (χ2n) is 2.90. The fraction of sp³-hybridized carbons (Fsp3) is 0.500. The van der Waals surface area contributed by atoms with E-state index in [1.54, 1.807) is 0 Å². The Hall–Kier alpha value is -0.515. The van der Waals surface area contributed by atoms with Crippen LogP contribution < -0.4 is 5.46 Å². The lowest BCUT2D eigenvalue weighted by Gasteiger charge is -1.96. The van der Waals surface area contributed by atoms with Gasteiger partial charge in [-0.3, -0.25) is 0 Å². The van der Waals surface area contributed by atoms with Crippen molar-refractivity contribution in [2.45, 2.75) is 18.8 Å². The molecule has 2 rings (SSSR count). The number of nitrogens with zero attached hydrogens (tertiary/aromatic N) is 1. The lowest BCUT2D eigenvalue weighted by molar-refractivity contribution is 0.383. The molecule has 0 atom stereocenters. The number of halogens is 1. The second-order valence-corrected chi connectivity index (χ2v) is 3.26. The van der Waals surface area contributed by atoms with Crippen LogP contribution in [-0.2, 0) is 0 Å². The molecule has 0 spiro atoms. The van der Waals surface area contributed by atoms with Gasteiger partial charge in [0.05, 0.1) is 5.46 Å². The van der Waals surface area contributed by atoms with Crippen molar-refractivity contribution >= 4 is 24.2 Å². The molecule has 2 N–H and O–H groups in total. The van der Waals surface area contributed by atoms with Crippen molar-refractivity contribution in [2.75, 3.05) is 0 Å². The fourth-order valence-electron chi connectivity index (χ4n) is 1.16. The minimum atomic E-state index is -1.58. The van der Waals surface area contributed by atoms with Crippen molar-refractivity contribution in [3.63, 3.8) is 0 Å². The number of rotatable bonds is 2. The molecule has 1 aromatic heterocycles. The predicted octanol–water partition coefficient (Wildman–Crippen LogP) is -0.115. The summed E-state index contributed by atoms with van der Waals surface area (Å²) >= 11 is 5.59. The highest BCUT2D eigenvalue weighted by Gasteiger charge is 2.35. The fourth-order valence-corrected chi connectivity index (χ4v) is 1.39. The van der Waals surface area contributed by atoms with E-state index in [-0.39, 0.29) is 16.5 Å². The third-order valence-electron chi connectivity index (χ3n) is 1.92. The second kappa shape index (κ2) is 2.76. The van der Waals surface area contributed by atoms with Crippen LogP contribution in [0.15, 0.2) is 4.52 Å². The maximum atomic E-state index is 8.92. The first-order valence-electron chi connectivity index (χ1n) is 3.71. The van der Waals surface area contributed by atoms with Crippen LogP contribution in [0.1, 0.15) is 24.5 Å². The standard InChI is InChI=1S/C6H7BClNO3/c8-6-4(7(10)11)5(12-9-6)3-1-2-3/h3,10-11H,1-2H2. The Morgan fingerprint density at radius 2 is 2.17 bits per heavy atom. The molecule has 4 nitrogen and oxygen atoms in total. The molecule has 0 aliphatic heterocycles. The van der Waals surface area contributed by atoms with Crippen molar-refractivity contribution in [1.82, 2.24) is 5.16 Å². The Morgan fingerprint density at radius 1 is 1.50 bits per heavy atom. The van der Waals surface area contributed by atoms with Crippen molar-refractivity contribution in [3.05, 3.63) is 10.9 Å². The molecular weight excluding hydrogens is 180 g/mol. The molecule has 0 saturated heterocycles. The molecule has 0 bridgehead atoms. The van der Waals surface area contributed by atoms with E-state index >= 15 is 0 Å². The highest BCUT2D eigenvalue weighted by atomic mass is 35.5. The predicted molar refractivity (Wildman–Crippen MR) is 43.3 cm³/mol. The molecular formula is C6H7BClNO3. The molecule has 1 aliphatic rings. The summed E-state index contributed by atoms with van der Waals surface area (Å²) in [7, 11) is -1.58. The molecule has 0 unspecified atom stereocenters. The zero-order valence-corrected chi connectivity index (χ0v) is 6.95. The molecule has 0 amide bonds. The molecule has 64 valence electrons. The third kappa shape index (κ3) is 1.24. The van der Waals surface area contributed by atoms with E-state index in [0.717, 1.165) is 12.8 Å². The average Bonchev–Trinajstić information content (AvgIpc) is 2.75. The largest absolute Gasteiger partial charge is 0.495 e. The van der Waals surface area contributed by atoms with E-state index < -0.39 is 7.12 Å². The zero-order chi connectivity index (χ0) is 8.72. The molecule has 6 heteroatoms. The Kier molecular flexibility index (Phi) is 1.86. The van der Waals surface area contributed by atoms with E-state index in [9.17, 15) is 0 Å². The minimum absolute atomic E-state index is 0.0481. The maximum Gasteiger partial charge on any atom is 0.495 e. The summed E-state index contributed by atoms with van der Waals surface area (Å²) in [5.41, 5.74) is 0.221. The van der Waals surface area contributed by atoms with Gasteiger partial charge in [-0.05, 0) is 12.8 Å². The lowest BCUT2D eigenvalue weighted by atomic mass is 9.80. The van der Waals surface area contributed by atoms with Crippen molar-refractivity contribution in [3.8, 4) is 0 Å². The van der Waals surface area contributed by atoms with E-state index in [1.807, 2.05) is 0 Å². The quantitative estimate of drug-likeness (QED) is 0.634. The zero-order valence-electron chi connectivity index (χ0n) is 6.20. The van der Waals surface area contributed by atoms with Crippen LogP contribution in [0.5, 0.6) is 0 Å². The summed E-state index contributed by atoms with van der Waals surface area (Å²) in [6, 6.07) is 0. The van der Waals surface area contributed by atoms with Crippen LogP contribution in [0.25, 0.3) is 0 Å². The maximum absolute atomic E-state index is 8.92. The molecule has 1 aliphatic carbocycles. The summed E-state index contributed by atoms with van der Waals surface area (Å²) < 4.78 is 4.88. The van der Waals surface area contributed by atoms with Crippen molar-refractivity contribution in [2.24, 2.45) is 0 Å². The van der Waals surface area contributed by atoms with Gasteiger partial charge in [0.15, 0.2) is 5.15 Å². The van der Waals surface area contributed by atoms with E-state index in [0.29, 0.717) is 5.76 Å². The normalized spacial score (nSPS) is 16.6. The van der Waals surface area contributed by atoms with Gasteiger partial charge in [-0.25, -0.2) is 0 Å². The number of hydrogen-bond acceptors (Lipinski definition) is 4. The number of aromatic nitrogens is 1. The lowest BCUT2D eigenvalue weighted by Crippen LogP contribution is -2.32. The Morgan fingerprint density at radius 3 is 2.67 bits per heavy atom. The minimum Gasteiger partial charge on any atom is -0.423 e. The third-order valence-corrected chi connectivity index (χ3v) is 2.19. The highest BCUT2D eigenvalue weighted by Crippen LogP contribution is 2.39. The van der Waals surface area contributed by atoms with Crippen LogP contribution in [0.2, 0.25) is 5.15 Å². The monoisotopic (exact) mass is 187 g/mol. The summed E-state index contributed by atoms with van der Waals surface area (Å²) in [5, 5.41) is 21.4. The van der Waals surface area contributed by atoms with Gasteiger partial charge in [0.2, 0.25) is 0 Å². The molecule has 0 radical (unpaired) electrons. The Bertz CT molecular complexity index is 297. The first kappa shape index (κ1) is 8.10. The van der Waals surface area contributed by atoms with Gasteiger partial charge in [0, 0.05) is 5.92 Å². The van der Waals surface area contributed by atoms with Gasteiger partial charge in [-0.15, -0.1) is 0 Å². The van der Waals surface area contributed by atoms with Gasteiger partial charge in [0.25, 0.3) is 0 Å². The van der Waals surface area contributed by atoms with Gasteiger partial charge in [-0.1, -0.05) is 16.8 Å². The van der Waals surface area contributed by atoms with Crippen LogP contribution in [0.3, 0.4) is 0 Å². The summed E-state index contributed by atoms with van der Waals surface area (Å²) in [6.07, 6.45) is 2.01. The van der Waals surface area contributed by atoms with Crippen LogP contribution in [0.4, 0.5) is 0 Å². The molecule has 1 aromatic rings. The van der Waals surface area contributed by atoms with Gasteiger partial charge in [-0.2, -0.15) is 0 Å². The number of hydrogen-bond donors (Lipinski definition) is 2. The molecule has 1 saturated carbocycles. The molecule has 1 fully saturated rings. The van der Waals surface area contributed by atoms with Gasteiger partial charge in [0.1, 0.15) is 5.76 Å². The molecule has 12 heavy (non-hydrogen) atoms. The molecule has 0 aromatic carbocycles. The average molecular weight is 187 g/mol. The summed E-state index contributed by atoms with van der Waals surface area (Å²) in [4.78, 5) is 0. The van der Waals surface area contributed by atoms with Gasteiger partial charge < -0.3 is 14.6 Å². The molecule has 1 heterocycles. The first-order chi connectivity index (χ1) is 5.70. The smallest absolute Gasteiger partial charge is 0.423 e.